The Morgan fingerprint density at radius 1 is 0.259 bits per heavy atom. The molecule has 2 N–H and O–H groups in total. The first-order chi connectivity index (χ1) is 25.6. The van der Waals surface area contributed by atoms with Gasteiger partial charge in [0.1, 0.15) is 0 Å². The Kier molecular flexibility index (Phi) is 30.0. The van der Waals surface area contributed by atoms with Crippen molar-refractivity contribution in [2.45, 2.75) is 0 Å². The van der Waals surface area contributed by atoms with Crippen LogP contribution in [-0.4, -0.2) is 10.2 Å². The SMILES string of the molecule is [CH2-]C(O)=C(c1ccccc1)c1ccccc1.[CH2-]C(O)=C(c1ccccc1)c1ccccc1.[CH]1[CH][CH][CH][CH]1.[CH]1[CH][CH][CH][CH]1.[CH]1[CH][CH][CH][CH]1.[CH]1[CH][CH][CH][CH]1.[Zr+3].[Zr+3]. The third-order valence-electron chi connectivity index (χ3n) is 7.05. The molecule has 54 heavy (non-hydrogen) atoms. The first-order valence-electron chi connectivity index (χ1n) is 17.0. The molecule has 0 amide bonds. The molecule has 0 aromatic heterocycles. The van der Waals surface area contributed by atoms with Crippen LogP contribution in [-0.2, 0) is 52.4 Å². The van der Waals surface area contributed by atoms with Gasteiger partial charge < -0.3 is 10.2 Å². The molecule has 2 nitrogen and oxygen atoms in total. The molecule has 0 aliphatic heterocycles. The fourth-order valence-electron chi connectivity index (χ4n) is 4.70. The van der Waals surface area contributed by atoms with Crippen molar-refractivity contribution in [3.63, 3.8) is 0 Å². The van der Waals surface area contributed by atoms with Crippen LogP contribution in [0.4, 0.5) is 0 Å². The van der Waals surface area contributed by atoms with Gasteiger partial charge in [0, 0.05) is 0 Å². The van der Waals surface area contributed by atoms with Crippen molar-refractivity contribution in [1.29, 1.82) is 0 Å². The van der Waals surface area contributed by atoms with Crippen LogP contribution in [0.1, 0.15) is 22.3 Å². The number of aliphatic hydroxyl groups excluding tert-OH is 2. The van der Waals surface area contributed by atoms with Gasteiger partial charge in [-0.2, -0.15) is 0 Å². The van der Waals surface area contributed by atoms with Gasteiger partial charge in [0.25, 0.3) is 0 Å². The van der Waals surface area contributed by atoms with Crippen molar-refractivity contribution >= 4 is 11.1 Å². The van der Waals surface area contributed by atoms with Crippen LogP contribution in [0.3, 0.4) is 0 Å². The molecule has 4 aromatic rings. The van der Waals surface area contributed by atoms with Gasteiger partial charge in [-0.3, -0.25) is 0 Å². The first kappa shape index (κ1) is 49.5. The predicted molar refractivity (Wildman–Crippen MR) is 220 cm³/mol. The van der Waals surface area contributed by atoms with Crippen molar-refractivity contribution in [3.05, 3.63) is 297 Å². The Morgan fingerprint density at radius 2 is 0.389 bits per heavy atom. The van der Waals surface area contributed by atoms with E-state index < -0.39 is 0 Å². The van der Waals surface area contributed by atoms with Crippen LogP contribution in [0.5, 0.6) is 0 Å². The van der Waals surface area contributed by atoms with Gasteiger partial charge in [-0.15, -0.1) is 11.1 Å². The van der Waals surface area contributed by atoms with Gasteiger partial charge in [-0.25, -0.2) is 13.8 Å². The van der Waals surface area contributed by atoms with E-state index in [0.29, 0.717) is 0 Å². The zero-order valence-corrected chi connectivity index (χ0v) is 35.3. The number of benzene rings is 4. The van der Waals surface area contributed by atoms with Gasteiger partial charge in [-0.05, 0) is 140 Å². The van der Waals surface area contributed by atoms with Crippen LogP contribution in [0.2, 0.25) is 0 Å². The quantitative estimate of drug-likeness (QED) is 0.159. The molecule has 4 aliphatic rings. The molecule has 0 spiro atoms. The molecule has 4 heteroatoms. The Bertz CT molecular complexity index is 1230. The van der Waals surface area contributed by atoms with Crippen molar-refractivity contribution in [1.82, 2.24) is 0 Å². The summed E-state index contributed by atoms with van der Waals surface area (Å²) in [5, 5.41) is 19.4. The van der Waals surface area contributed by atoms with Crippen LogP contribution in [0, 0.1) is 142 Å². The minimum absolute atomic E-state index is 0. The van der Waals surface area contributed by atoms with Crippen LogP contribution in [0.15, 0.2) is 133 Å². The van der Waals surface area contributed by atoms with Gasteiger partial charge >= 0.3 is 52.4 Å². The molecule has 262 valence electrons. The number of hydrogen-bond acceptors (Lipinski definition) is 2. The number of hydrogen-bond donors (Lipinski definition) is 2. The van der Waals surface area contributed by atoms with Crippen LogP contribution < -0.4 is 0 Å². The van der Waals surface area contributed by atoms with Gasteiger partial charge in [-0.1, -0.05) is 144 Å². The molecule has 0 atom stereocenters. The minimum atomic E-state index is 0. The van der Waals surface area contributed by atoms with Crippen molar-refractivity contribution in [2.75, 3.05) is 0 Å². The molecule has 0 bridgehead atoms. The summed E-state index contributed by atoms with van der Waals surface area (Å²) < 4.78 is 0. The normalized spacial score (nSPS) is 14.7. The van der Waals surface area contributed by atoms with E-state index in [4.69, 9.17) is 0 Å². The van der Waals surface area contributed by atoms with E-state index in [0.717, 1.165) is 33.4 Å². The fraction of sp³-hybridized carbons (Fsp3) is 0. The fourth-order valence-corrected chi connectivity index (χ4v) is 4.70. The number of aliphatic hydroxyl groups is 2. The second-order valence-corrected chi connectivity index (χ2v) is 11.0. The van der Waals surface area contributed by atoms with Gasteiger partial charge in [0.05, 0.1) is 0 Å². The van der Waals surface area contributed by atoms with E-state index in [1.54, 1.807) is 0 Å². The summed E-state index contributed by atoms with van der Waals surface area (Å²) in [5.41, 5.74) is 5.45. The minimum Gasteiger partial charge on any atom is -0.545 e. The Labute approximate surface area is 368 Å². The Morgan fingerprint density at radius 3 is 0.500 bits per heavy atom. The molecule has 8 rings (SSSR count). The van der Waals surface area contributed by atoms with Crippen LogP contribution >= 0.6 is 0 Å². The topological polar surface area (TPSA) is 40.5 Å². The third kappa shape index (κ3) is 21.5. The van der Waals surface area contributed by atoms with Crippen molar-refractivity contribution in [3.8, 4) is 0 Å². The molecule has 4 saturated carbocycles. The third-order valence-corrected chi connectivity index (χ3v) is 7.05. The standard InChI is InChI=1S/2C15H13O.4C5H5.2Zr/c2*1-12(16)15(13-8-4-2-5-9-13)14-10-6-3-7-11-14;4*1-2-4-5-3-1;;/h2*2-11,16H,1H2;4*1-5H;;/q2*-1;;;;;2*+3. The maximum atomic E-state index is 9.69. The molecule has 4 fully saturated rings. The summed E-state index contributed by atoms with van der Waals surface area (Å²) in [7, 11) is 0. The molecule has 0 unspecified atom stereocenters. The summed E-state index contributed by atoms with van der Waals surface area (Å²) in [6.45, 7) is 7.25. The number of rotatable bonds is 4. The van der Waals surface area contributed by atoms with E-state index in [1.807, 2.05) is 250 Å². The summed E-state index contributed by atoms with van der Waals surface area (Å²) in [4.78, 5) is 0. The summed E-state index contributed by atoms with van der Waals surface area (Å²) in [5.74, 6) is 0.190. The average molecular weight is 861 g/mol. The monoisotopic (exact) mass is 858 g/mol. The second-order valence-electron chi connectivity index (χ2n) is 11.0. The van der Waals surface area contributed by atoms with E-state index in [-0.39, 0.29) is 63.9 Å². The van der Waals surface area contributed by atoms with Crippen molar-refractivity contribution < 1.29 is 62.6 Å². The van der Waals surface area contributed by atoms with Gasteiger partial charge in [0.2, 0.25) is 0 Å². The van der Waals surface area contributed by atoms with Gasteiger partial charge in [0.15, 0.2) is 0 Å². The molecule has 4 aromatic carbocycles. The maximum Gasteiger partial charge on any atom is 3.00 e. The summed E-state index contributed by atoms with van der Waals surface area (Å²) >= 11 is 0. The summed E-state index contributed by atoms with van der Waals surface area (Å²) in [6, 6.07) is 39.1. The van der Waals surface area contributed by atoms with E-state index in [2.05, 4.69) is 13.8 Å². The smallest absolute Gasteiger partial charge is 0.545 e. The number of allylic oxidation sites excluding steroid dienone is 2. The van der Waals surface area contributed by atoms with E-state index >= 15 is 0 Å². The van der Waals surface area contributed by atoms with E-state index in [1.165, 1.54) is 0 Å². The molecular formula is C50H46O2Zr2+4. The molecule has 0 heterocycles. The zero-order valence-electron chi connectivity index (χ0n) is 30.4. The van der Waals surface area contributed by atoms with Crippen LogP contribution in [0.25, 0.3) is 11.1 Å². The molecule has 0 saturated heterocycles. The zero-order chi connectivity index (χ0) is 36.9. The molecular weight excluding hydrogens is 815 g/mol. The summed E-state index contributed by atoms with van der Waals surface area (Å²) in [6.07, 6.45) is 40.0. The largest absolute Gasteiger partial charge is 3.00 e. The Balaban J connectivity index is 0.000000352. The first-order valence-corrected chi connectivity index (χ1v) is 17.0. The Hall–Kier alpha value is -2.53. The predicted octanol–water partition coefficient (Wildman–Crippen LogP) is 11.8. The van der Waals surface area contributed by atoms with E-state index in [9.17, 15) is 10.2 Å². The molecule has 4 aliphatic carbocycles. The second kappa shape index (κ2) is 32.7. The average Bonchev–Trinajstić information content (AvgIpc) is 4.05. The molecule has 22 radical (unpaired) electrons. The maximum absolute atomic E-state index is 9.69. The van der Waals surface area contributed by atoms with Crippen molar-refractivity contribution in [2.24, 2.45) is 0 Å².